The molecule has 0 aliphatic heterocycles. The standard InChI is InChI=1S/C19H21N3O3S/c1-10-6-7-11(2)16(8-10)24-9-15-13(4)25-22-17(15)18(23)21-19-20-12(3)14(5)26-19/h6-8H,9H2,1-5H3,(H,20,21,23). The zero-order valence-corrected chi connectivity index (χ0v) is 16.3. The van der Waals surface area contributed by atoms with E-state index in [4.69, 9.17) is 9.26 Å². The summed E-state index contributed by atoms with van der Waals surface area (Å²) in [6, 6.07) is 6.01. The Bertz CT molecular complexity index is 940. The number of thiazole rings is 1. The number of hydrogen-bond acceptors (Lipinski definition) is 6. The van der Waals surface area contributed by atoms with Crippen LogP contribution in [0.1, 0.15) is 43.5 Å². The molecule has 1 amide bonds. The molecule has 2 aromatic heterocycles. The van der Waals surface area contributed by atoms with Gasteiger partial charge in [-0.1, -0.05) is 17.3 Å². The van der Waals surface area contributed by atoms with E-state index in [1.54, 1.807) is 6.92 Å². The second kappa shape index (κ2) is 7.29. The molecular weight excluding hydrogens is 350 g/mol. The number of carbonyl (C=O) groups excluding carboxylic acids is 1. The summed E-state index contributed by atoms with van der Waals surface area (Å²) in [4.78, 5) is 18.0. The highest BCUT2D eigenvalue weighted by Crippen LogP contribution is 2.24. The number of aromatic nitrogens is 2. The largest absolute Gasteiger partial charge is 0.488 e. The second-order valence-electron chi connectivity index (χ2n) is 6.24. The van der Waals surface area contributed by atoms with Crippen molar-refractivity contribution in [3.8, 4) is 5.75 Å². The highest BCUT2D eigenvalue weighted by Gasteiger charge is 2.22. The molecule has 26 heavy (non-hydrogen) atoms. The third-order valence-electron chi connectivity index (χ3n) is 4.16. The maximum atomic E-state index is 12.6. The third kappa shape index (κ3) is 3.77. The van der Waals surface area contributed by atoms with Gasteiger partial charge in [-0.25, -0.2) is 4.98 Å². The lowest BCUT2D eigenvalue weighted by Gasteiger charge is -2.10. The van der Waals surface area contributed by atoms with Crippen molar-refractivity contribution in [2.75, 3.05) is 5.32 Å². The van der Waals surface area contributed by atoms with Crippen LogP contribution in [0.3, 0.4) is 0 Å². The quantitative estimate of drug-likeness (QED) is 0.714. The maximum Gasteiger partial charge on any atom is 0.280 e. The Morgan fingerprint density at radius 1 is 1.23 bits per heavy atom. The van der Waals surface area contributed by atoms with Crippen molar-refractivity contribution in [1.82, 2.24) is 10.1 Å². The van der Waals surface area contributed by atoms with Gasteiger partial charge in [-0.2, -0.15) is 0 Å². The number of aryl methyl sites for hydroxylation is 5. The van der Waals surface area contributed by atoms with Crippen LogP contribution in [0.5, 0.6) is 5.75 Å². The van der Waals surface area contributed by atoms with Crippen LogP contribution in [0.25, 0.3) is 0 Å². The number of nitrogens with one attached hydrogen (secondary N) is 1. The van der Waals surface area contributed by atoms with Gasteiger partial charge in [0.05, 0.1) is 11.3 Å². The van der Waals surface area contributed by atoms with Crippen molar-refractivity contribution in [2.24, 2.45) is 0 Å². The number of hydrogen-bond donors (Lipinski definition) is 1. The minimum Gasteiger partial charge on any atom is -0.488 e. The number of nitrogens with zero attached hydrogens (tertiary/aromatic N) is 2. The van der Waals surface area contributed by atoms with E-state index in [2.05, 4.69) is 15.5 Å². The number of rotatable bonds is 5. The third-order valence-corrected chi connectivity index (χ3v) is 5.15. The van der Waals surface area contributed by atoms with Crippen molar-refractivity contribution in [3.63, 3.8) is 0 Å². The van der Waals surface area contributed by atoms with E-state index in [0.29, 0.717) is 16.5 Å². The Labute approximate surface area is 156 Å². The molecule has 0 aliphatic carbocycles. The number of amides is 1. The van der Waals surface area contributed by atoms with E-state index in [-0.39, 0.29) is 18.2 Å². The zero-order valence-electron chi connectivity index (χ0n) is 15.5. The first-order valence-corrected chi connectivity index (χ1v) is 9.07. The van der Waals surface area contributed by atoms with Crippen molar-refractivity contribution in [1.29, 1.82) is 0 Å². The highest BCUT2D eigenvalue weighted by atomic mass is 32.1. The molecule has 3 rings (SSSR count). The van der Waals surface area contributed by atoms with Gasteiger partial charge in [0.15, 0.2) is 10.8 Å². The van der Waals surface area contributed by atoms with Crippen LogP contribution in [-0.2, 0) is 6.61 Å². The van der Waals surface area contributed by atoms with Gasteiger partial charge in [0.2, 0.25) is 0 Å². The Morgan fingerprint density at radius 2 is 2.00 bits per heavy atom. The maximum absolute atomic E-state index is 12.6. The van der Waals surface area contributed by atoms with Gasteiger partial charge in [-0.05, 0) is 51.8 Å². The highest BCUT2D eigenvalue weighted by molar-refractivity contribution is 7.15. The lowest BCUT2D eigenvalue weighted by molar-refractivity contribution is 0.101. The fourth-order valence-corrected chi connectivity index (χ4v) is 3.24. The lowest BCUT2D eigenvalue weighted by Crippen LogP contribution is -2.15. The predicted molar refractivity (Wildman–Crippen MR) is 101 cm³/mol. The fourth-order valence-electron chi connectivity index (χ4n) is 2.43. The summed E-state index contributed by atoms with van der Waals surface area (Å²) in [6.07, 6.45) is 0. The monoisotopic (exact) mass is 371 g/mol. The van der Waals surface area contributed by atoms with Crippen molar-refractivity contribution >= 4 is 22.4 Å². The minimum atomic E-state index is -0.352. The second-order valence-corrected chi connectivity index (χ2v) is 7.44. The van der Waals surface area contributed by atoms with Gasteiger partial charge in [0, 0.05) is 4.88 Å². The van der Waals surface area contributed by atoms with Gasteiger partial charge >= 0.3 is 0 Å². The first kappa shape index (κ1) is 18.1. The van der Waals surface area contributed by atoms with E-state index in [1.165, 1.54) is 11.3 Å². The van der Waals surface area contributed by atoms with Crippen LogP contribution in [0.2, 0.25) is 0 Å². The lowest BCUT2D eigenvalue weighted by atomic mass is 10.1. The average molecular weight is 371 g/mol. The molecule has 136 valence electrons. The molecule has 0 unspecified atom stereocenters. The molecule has 3 aromatic rings. The molecule has 1 N–H and O–H groups in total. The Balaban J connectivity index is 1.77. The van der Waals surface area contributed by atoms with Crippen LogP contribution >= 0.6 is 11.3 Å². The summed E-state index contributed by atoms with van der Waals surface area (Å²) in [5.74, 6) is 0.991. The molecule has 0 spiro atoms. The van der Waals surface area contributed by atoms with Crippen LogP contribution in [0.4, 0.5) is 5.13 Å². The molecule has 6 nitrogen and oxygen atoms in total. The predicted octanol–water partition coefficient (Wildman–Crippen LogP) is 4.50. The smallest absolute Gasteiger partial charge is 0.280 e. The van der Waals surface area contributed by atoms with E-state index in [0.717, 1.165) is 27.4 Å². The minimum absolute atomic E-state index is 0.207. The van der Waals surface area contributed by atoms with Gasteiger partial charge < -0.3 is 9.26 Å². The molecule has 0 saturated heterocycles. The van der Waals surface area contributed by atoms with Gasteiger partial charge in [-0.3, -0.25) is 10.1 Å². The van der Waals surface area contributed by atoms with Crippen molar-refractivity contribution in [3.05, 3.63) is 56.9 Å². The van der Waals surface area contributed by atoms with Crippen LogP contribution in [0, 0.1) is 34.6 Å². The van der Waals surface area contributed by atoms with Crippen LogP contribution in [0.15, 0.2) is 22.7 Å². The van der Waals surface area contributed by atoms with Crippen molar-refractivity contribution in [2.45, 2.75) is 41.2 Å². The Kier molecular flexibility index (Phi) is 5.08. The number of anilines is 1. The Hall–Kier alpha value is -2.67. The molecule has 7 heteroatoms. The van der Waals surface area contributed by atoms with Crippen LogP contribution < -0.4 is 10.1 Å². The van der Waals surface area contributed by atoms with Gasteiger partial charge in [0.25, 0.3) is 5.91 Å². The summed E-state index contributed by atoms with van der Waals surface area (Å²) in [6.45, 7) is 9.84. The van der Waals surface area contributed by atoms with Crippen LogP contribution in [-0.4, -0.2) is 16.0 Å². The van der Waals surface area contributed by atoms with E-state index in [1.807, 2.05) is 45.9 Å². The summed E-state index contributed by atoms with van der Waals surface area (Å²) < 4.78 is 11.1. The topological polar surface area (TPSA) is 77.2 Å². The molecule has 0 saturated carbocycles. The number of carbonyl (C=O) groups is 1. The molecule has 0 radical (unpaired) electrons. The molecule has 2 heterocycles. The molecule has 0 atom stereocenters. The summed E-state index contributed by atoms with van der Waals surface area (Å²) >= 11 is 1.43. The normalized spacial score (nSPS) is 10.8. The summed E-state index contributed by atoms with van der Waals surface area (Å²) in [5, 5.41) is 7.23. The zero-order chi connectivity index (χ0) is 18.8. The summed E-state index contributed by atoms with van der Waals surface area (Å²) in [5.41, 5.74) is 3.90. The first-order valence-electron chi connectivity index (χ1n) is 8.25. The SMILES string of the molecule is Cc1ccc(C)c(OCc2c(C(=O)Nc3nc(C)c(C)s3)noc2C)c1. The molecule has 0 fully saturated rings. The Morgan fingerprint density at radius 3 is 2.69 bits per heavy atom. The number of benzene rings is 1. The average Bonchev–Trinajstić information content (AvgIpc) is 3.10. The molecule has 0 bridgehead atoms. The summed E-state index contributed by atoms with van der Waals surface area (Å²) in [7, 11) is 0. The van der Waals surface area contributed by atoms with E-state index < -0.39 is 0 Å². The van der Waals surface area contributed by atoms with Gasteiger partial charge in [-0.15, -0.1) is 11.3 Å². The fraction of sp³-hybridized carbons (Fsp3) is 0.316. The molecule has 1 aromatic carbocycles. The van der Waals surface area contributed by atoms with E-state index >= 15 is 0 Å². The first-order chi connectivity index (χ1) is 12.3. The molecular formula is C19H21N3O3S. The van der Waals surface area contributed by atoms with Crippen molar-refractivity contribution < 1.29 is 14.1 Å². The number of ether oxygens (including phenoxy) is 1. The van der Waals surface area contributed by atoms with Gasteiger partial charge in [0.1, 0.15) is 18.1 Å². The van der Waals surface area contributed by atoms with E-state index in [9.17, 15) is 4.79 Å². The molecule has 0 aliphatic rings.